The van der Waals surface area contributed by atoms with Crippen molar-refractivity contribution >= 4 is 46.7 Å². The van der Waals surface area contributed by atoms with Crippen LogP contribution in [0.1, 0.15) is 23.7 Å². The van der Waals surface area contributed by atoms with Gasteiger partial charge in [-0.3, -0.25) is 4.79 Å². The van der Waals surface area contributed by atoms with Gasteiger partial charge in [-0.1, -0.05) is 18.9 Å². The summed E-state index contributed by atoms with van der Waals surface area (Å²) in [6.07, 6.45) is 3.16. The van der Waals surface area contributed by atoms with Gasteiger partial charge in [-0.05, 0) is 54.6 Å². The predicted octanol–water partition coefficient (Wildman–Crippen LogP) is 4.56. The van der Waals surface area contributed by atoms with E-state index in [2.05, 4.69) is 40.7 Å². The quantitative estimate of drug-likeness (QED) is 0.473. The zero-order valence-corrected chi connectivity index (χ0v) is 19.0. The first-order valence-electron chi connectivity index (χ1n) is 10.0. The van der Waals surface area contributed by atoms with Crippen LogP contribution in [0, 0.1) is 0 Å². The molecule has 2 aromatic carbocycles. The average Bonchev–Trinajstić information content (AvgIpc) is 2.78. The van der Waals surface area contributed by atoms with Crippen molar-refractivity contribution in [2.24, 2.45) is 0 Å². The maximum atomic E-state index is 13.2. The molecule has 2 aromatic rings. The van der Waals surface area contributed by atoms with E-state index in [1.165, 1.54) is 4.90 Å². The van der Waals surface area contributed by atoms with E-state index in [0.717, 1.165) is 55.4 Å². The predicted molar refractivity (Wildman–Crippen MR) is 129 cm³/mol. The topological polar surface area (TPSA) is 47.6 Å². The van der Waals surface area contributed by atoms with Gasteiger partial charge >= 0.3 is 0 Å². The number of rotatable bonds is 8. The standard InChI is InChI=1S/C22H30N4OS2/c1-4-15-29-19-8-5-17(6-9-19)24-22(27)20-16-18(26-13-11-23-12-14-26)7-10-21(20)25(2)28-3/h5-10,16,23H,4,11-15H2,1-3H3,(H,24,27). The highest BCUT2D eigenvalue weighted by Crippen LogP contribution is 2.30. The molecule has 0 aliphatic carbocycles. The molecule has 3 rings (SSSR count). The molecule has 7 heteroatoms. The van der Waals surface area contributed by atoms with E-state index in [1.54, 1.807) is 11.9 Å². The van der Waals surface area contributed by atoms with Crippen LogP contribution >= 0.6 is 23.7 Å². The molecule has 1 heterocycles. The van der Waals surface area contributed by atoms with Gasteiger partial charge in [-0.15, -0.1) is 11.8 Å². The Morgan fingerprint density at radius 2 is 1.90 bits per heavy atom. The minimum atomic E-state index is -0.0770. The molecular formula is C22H30N4OS2. The fourth-order valence-electron chi connectivity index (χ4n) is 3.25. The summed E-state index contributed by atoms with van der Waals surface area (Å²) >= 11 is 3.43. The minimum absolute atomic E-state index is 0.0770. The Balaban J connectivity index is 1.81. The fourth-order valence-corrected chi connectivity index (χ4v) is 4.38. The zero-order valence-electron chi connectivity index (χ0n) is 17.4. The van der Waals surface area contributed by atoms with Gasteiger partial charge in [0.2, 0.25) is 0 Å². The van der Waals surface area contributed by atoms with Crippen LogP contribution in [0.15, 0.2) is 47.4 Å². The lowest BCUT2D eigenvalue weighted by atomic mass is 10.1. The third-order valence-corrected chi connectivity index (χ3v) is 6.87. The average molecular weight is 431 g/mol. The third-order valence-electron chi connectivity index (χ3n) is 4.91. The lowest BCUT2D eigenvalue weighted by molar-refractivity contribution is 0.102. The summed E-state index contributed by atoms with van der Waals surface area (Å²) in [4.78, 5) is 16.7. The second-order valence-electron chi connectivity index (χ2n) is 6.95. The number of hydrogen-bond acceptors (Lipinski definition) is 6. The fraction of sp³-hybridized carbons (Fsp3) is 0.409. The molecule has 2 N–H and O–H groups in total. The molecule has 0 unspecified atom stereocenters. The molecule has 1 amide bonds. The van der Waals surface area contributed by atoms with Crippen LogP contribution in [0.2, 0.25) is 0 Å². The Morgan fingerprint density at radius 1 is 1.17 bits per heavy atom. The molecule has 0 bridgehead atoms. The number of piperazine rings is 1. The Hall–Kier alpha value is -1.83. The van der Waals surface area contributed by atoms with Gasteiger partial charge in [0.15, 0.2) is 0 Å². The van der Waals surface area contributed by atoms with Crippen molar-refractivity contribution in [3.63, 3.8) is 0 Å². The molecule has 156 valence electrons. The largest absolute Gasteiger partial charge is 0.369 e. The van der Waals surface area contributed by atoms with Crippen LogP contribution in [0.4, 0.5) is 17.1 Å². The summed E-state index contributed by atoms with van der Waals surface area (Å²) in [5.74, 6) is 1.03. The maximum Gasteiger partial charge on any atom is 0.257 e. The summed E-state index contributed by atoms with van der Waals surface area (Å²) in [6, 6.07) is 14.3. The summed E-state index contributed by atoms with van der Waals surface area (Å²) in [5.41, 5.74) is 3.54. The van der Waals surface area contributed by atoms with Crippen molar-refractivity contribution in [1.29, 1.82) is 0 Å². The Labute approximate surface area is 182 Å². The molecule has 29 heavy (non-hydrogen) atoms. The highest BCUT2D eigenvalue weighted by molar-refractivity contribution is 8.00. The Kier molecular flexibility index (Phi) is 8.15. The number of anilines is 3. The van der Waals surface area contributed by atoms with Crippen molar-refractivity contribution in [2.75, 3.05) is 59.8 Å². The number of thioether (sulfide) groups is 1. The first-order valence-corrected chi connectivity index (χ1v) is 12.2. The van der Waals surface area contributed by atoms with E-state index in [9.17, 15) is 4.79 Å². The molecule has 5 nitrogen and oxygen atoms in total. The van der Waals surface area contributed by atoms with Crippen LogP contribution in [-0.4, -0.2) is 51.1 Å². The highest BCUT2D eigenvalue weighted by atomic mass is 32.2. The molecule has 0 atom stereocenters. The summed E-state index contributed by atoms with van der Waals surface area (Å²) in [7, 11) is 1.99. The van der Waals surface area contributed by atoms with Crippen LogP contribution in [0.5, 0.6) is 0 Å². The second-order valence-corrected chi connectivity index (χ2v) is 9.03. The molecule has 1 aliphatic rings. The third kappa shape index (κ3) is 5.84. The number of carbonyl (C=O) groups excluding carboxylic acids is 1. The normalized spacial score (nSPS) is 14.0. The highest BCUT2D eigenvalue weighted by Gasteiger charge is 2.18. The van der Waals surface area contributed by atoms with Crippen molar-refractivity contribution in [1.82, 2.24) is 5.32 Å². The number of carbonyl (C=O) groups is 1. The van der Waals surface area contributed by atoms with Crippen LogP contribution in [0.3, 0.4) is 0 Å². The van der Waals surface area contributed by atoms with E-state index in [-0.39, 0.29) is 5.91 Å². The van der Waals surface area contributed by atoms with Gasteiger partial charge in [-0.2, -0.15) is 0 Å². The number of amides is 1. The smallest absolute Gasteiger partial charge is 0.257 e. The van der Waals surface area contributed by atoms with E-state index in [0.29, 0.717) is 5.56 Å². The molecular weight excluding hydrogens is 400 g/mol. The second kappa shape index (κ2) is 10.8. The van der Waals surface area contributed by atoms with Gasteiger partial charge in [0.05, 0.1) is 11.3 Å². The number of nitrogens with zero attached hydrogens (tertiary/aromatic N) is 2. The molecule has 1 saturated heterocycles. The van der Waals surface area contributed by atoms with Crippen molar-refractivity contribution < 1.29 is 4.79 Å². The monoisotopic (exact) mass is 430 g/mol. The Bertz CT molecular complexity index is 807. The number of hydrogen-bond donors (Lipinski definition) is 2. The Morgan fingerprint density at radius 3 is 2.55 bits per heavy atom. The van der Waals surface area contributed by atoms with E-state index in [4.69, 9.17) is 0 Å². The lowest BCUT2D eigenvalue weighted by Gasteiger charge is -2.30. The molecule has 1 aliphatic heterocycles. The van der Waals surface area contributed by atoms with Crippen LogP contribution in [0.25, 0.3) is 0 Å². The first kappa shape index (κ1) is 21.9. The van der Waals surface area contributed by atoms with Gasteiger partial charge in [0.1, 0.15) is 0 Å². The van der Waals surface area contributed by atoms with Gasteiger partial charge < -0.3 is 19.8 Å². The van der Waals surface area contributed by atoms with E-state index < -0.39 is 0 Å². The minimum Gasteiger partial charge on any atom is -0.369 e. The summed E-state index contributed by atoms with van der Waals surface area (Å²) < 4.78 is 2.03. The van der Waals surface area contributed by atoms with Gasteiger partial charge in [-0.25, -0.2) is 0 Å². The molecule has 0 spiro atoms. The summed E-state index contributed by atoms with van der Waals surface area (Å²) in [5, 5.41) is 6.45. The lowest BCUT2D eigenvalue weighted by Crippen LogP contribution is -2.43. The van der Waals surface area contributed by atoms with Crippen molar-refractivity contribution in [3.05, 3.63) is 48.0 Å². The molecule has 1 fully saturated rings. The molecule has 0 aromatic heterocycles. The number of nitrogens with one attached hydrogen (secondary N) is 2. The van der Waals surface area contributed by atoms with E-state index >= 15 is 0 Å². The van der Waals surface area contributed by atoms with Crippen molar-refractivity contribution in [3.8, 4) is 0 Å². The maximum absolute atomic E-state index is 13.2. The van der Waals surface area contributed by atoms with E-state index in [1.807, 2.05) is 53.6 Å². The first-order chi connectivity index (χ1) is 14.1. The zero-order chi connectivity index (χ0) is 20.6. The van der Waals surface area contributed by atoms with Crippen LogP contribution < -0.4 is 19.8 Å². The van der Waals surface area contributed by atoms with Gasteiger partial charge in [0, 0.05) is 55.8 Å². The molecule has 0 saturated carbocycles. The van der Waals surface area contributed by atoms with Crippen molar-refractivity contribution in [2.45, 2.75) is 18.2 Å². The van der Waals surface area contributed by atoms with Crippen LogP contribution in [-0.2, 0) is 0 Å². The molecule has 0 radical (unpaired) electrons. The SMILES string of the molecule is CCCSc1ccc(NC(=O)c2cc(N3CCNCC3)ccc2N(C)SC)cc1. The number of benzene rings is 2. The summed E-state index contributed by atoms with van der Waals surface area (Å²) in [6.45, 7) is 6.03. The van der Waals surface area contributed by atoms with Gasteiger partial charge in [0.25, 0.3) is 5.91 Å².